The van der Waals surface area contributed by atoms with Crippen LogP contribution in [0.25, 0.3) is 0 Å². The van der Waals surface area contributed by atoms with Gasteiger partial charge in [0, 0.05) is 18.8 Å². The van der Waals surface area contributed by atoms with Gasteiger partial charge in [-0.15, -0.1) is 0 Å². The van der Waals surface area contributed by atoms with Crippen molar-refractivity contribution >= 4 is 17.4 Å². The largest absolute Gasteiger partial charge is 0.512 e. The van der Waals surface area contributed by atoms with E-state index in [0.29, 0.717) is 18.1 Å². The predicted molar refractivity (Wildman–Crippen MR) is 80.1 cm³/mol. The van der Waals surface area contributed by atoms with E-state index in [1.807, 2.05) is 31.2 Å². The molecule has 0 fully saturated rings. The van der Waals surface area contributed by atoms with Crippen molar-refractivity contribution in [3.63, 3.8) is 0 Å². The minimum absolute atomic E-state index is 0.0391. The maximum Gasteiger partial charge on any atom is 0.262 e. The Hall–Kier alpha value is -2.30. The highest BCUT2D eigenvalue weighted by atomic mass is 16.3. The fourth-order valence-corrected chi connectivity index (χ4v) is 1.97. The SMILES string of the molecule is C/C(O)=C(/C(=O)Nc1ccc(C)cc1)C1=NCCCN1. The third-order valence-corrected chi connectivity index (χ3v) is 3.03. The Bertz CT molecular complexity index is 555. The molecule has 0 radical (unpaired) electrons. The maximum absolute atomic E-state index is 12.3. The highest BCUT2D eigenvalue weighted by Crippen LogP contribution is 2.13. The summed E-state index contributed by atoms with van der Waals surface area (Å²) in [5.74, 6) is 0.0608. The molecular weight excluding hydrogens is 254 g/mol. The van der Waals surface area contributed by atoms with E-state index in [1.165, 1.54) is 6.92 Å². The van der Waals surface area contributed by atoms with Crippen molar-refractivity contribution in [2.45, 2.75) is 20.3 Å². The molecule has 0 bridgehead atoms. The van der Waals surface area contributed by atoms with Crippen LogP contribution in [-0.2, 0) is 4.79 Å². The summed E-state index contributed by atoms with van der Waals surface area (Å²) < 4.78 is 0. The molecule has 0 unspecified atom stereocenters. The van der Waals surface area contributed by atoms with E-state index in [0.717, 1.165) is 18.5 Å². The summed E-state index contributed by atoms with van der Waals surface area (Å²) in [6, 6.07) is 7.49. The van der Waals surface area contributed by atoms with E-state index in [4.69, 9.17) is 0 Å². The number of nitrogens with zero attached hydrogens (tertiary/aromatic N) is 1. The van der Waals surface area contributed by atoms with Crippen molar-refractivity contribution in [2.24, 2.45) is 4.99 Å². The molecule has 1 aliphatic heterocycles. The Kier molecular flexibility index (Phi) is 4.40. The smallest absolute Gasteiger partial charge is 0.262 e. The number of carbonyl (C=O) groups excluding carboxylic acids is 1. The van der Waals surface area contributed by atoms with Gasteiger partial charge in [0.15, 0.2) is 0 Å². The third-order valence-electron chi connectivity index (χ3n) is 3.03. The lowest BCUT2D eigenvalue weighted by Gasteiger charge is -2.17. The number of amidine groups is 1. The van der Waals surface area contributed by atoms with Crippen LogP contribution in [0.4, 0.5) is 5.69 Å². The Balaban J connectivity index is 2.18. The van der Waals surface area contributed by atoms with E-state index in [1.54, 1.807) is 0 Å². The van der Waals surface area contributed by atoms with Crippen LogP contribution in [-0.4, -0.2) is 29.9 Å². The van der Waals surface area contributed by atoms with Crippen LogP contribution >= 0.6 is 0 Å². The number of amides is 1. The molecule has 1 amide bonds. The van der Waals surface area contributed by atoms with E-state index in [9.17, 15) is 9.90 Å². The molecule has 20 heavy (non-hydrogen) atoms. The summed E-state index contributed by atoms with van der Waals surface area (Å²) in [6.45, 7) is 4.89. The maximum atomic E-state index is 12.3. The first-order valence-corrected chi connectivity index (χ1v) is 6.64. The van der Waals surface area contributed by atoms with Crippen molar-refractivity contribution in [1.82, 2.24) is 5.32 Å². The van der Waals surface area contributed by atoms with Gasteiger partial charge in [0.2, 0.25) is 0 Å². The standard InChI is InChI=1S/C15H19N3O2/c1-10-4-6-12(7-5-10)18-15(20)13(11(2)19)14-16-8-3-9-17-14/h4-7,19H,3,8-9H2,1-2H3,(H,16,17)(H,18,20)/b13-11-. The second kappa shape index (κ2) is 6.23. The van der Waals surface area contributed by atoms with Crippen LogP contribution in [0.3, 0.4) is 0 Å². The van der Waals surface area contributed by atoms with Gasteiger partial charge in [-0.2, -0.15) is 0 Å². The zero-order valence-corrected chi connectivity index (χ0v) is 11.7. The number of benzene rings is 1. The Morgan fingerprint density at radius 3 is 2.60 bits per heavy atom. The Labute approximate surface area is 118 Å². The quantitative estimate of drug-likeness (QED) is 0.583. The third kappa shape index (κ3) is 3.38. The molecular formula is C15H19N3O2. The van der Waals surface area contributed by atoms with E-state index in [2.05, 4.69) is 15.6 Å². The molecule has 2 rings (SSSR count). The van der Waals surface area contributed by atoms with Crippen molar-refractivity contribution in [3.05, 3.63) is 41.2 Å². The number of aryl methyl sites for hydroxylation is 1. The first-order chi connectivity index (χ1) is 9.58. The van der Waals surface area contributed by atoms with Crippen molar-refractivity contribution in [3.8, 4) is 0 Å². The molecule has 1 aromatic carbocycles. The number of hydrogen-bond acceptors (Lipinski definition) is 4. The predicted octanol–water partition coefficient (Wildman–Crippen LogP) is 2.16. The number of hydrogen-bond donors (Lipinski definition) is 3. The fraction of sp³-hybridized carbons (Fsp3) is 0.333. The number of aliphatic hydroxyl groups is 1. The number of aliphatic hydroxyl groups excluding tert-OH is 1. The molecule has 0 saturated heterocycles. The van der Waals surface area contributed by atoms with Gasteiger partial charge in [-0.3, -0.25) is 9.79 Å². The van der Waals surface area contributed by atoms with Crippen LogP contribution in [0.2, 0.25) is 0 Å². The van der Waals surface area contributed by atoms with Crippen molar-refractivity contribution in [1.29, 1.82) is 0 Å². The zero-order valence-electron chi connectivity index (χ0n) is 11.7. The molecule has 0 saturated carbocycles. The average Bonchev–Trinajstić information content (AvgIpc) is 2.42. The minimum Gasteiger partial charge on any atom is -0.512 e. The fourth-order valence-electron chi connectivity index (χ4n) is 1.97. The minimum atomic E-state index is -0.359. The topological polar surface area (TPSA) is 73.7 Å². The summed E-state index contributed by atoms with van der Waals surface area (Å²) in [4.78, 5) is 16.5. The number of allylic oxidation sites excluding steroid dienone is 1. The second-order valence-corrected chi connectivity index (χ2v) is 4.79. The molecule has 1 heterocycles. The van der Waals surface area contributed by atoms with Gasteiger partial charge in [0.25, 0.3) is 5.91 Å². The van der Waals surface area contributed by atoms with Crippen LogP contribution in [0.15, 0.2) is 40.6 Å². The summed E-state index contributed by atoms with van der Waals surface area (Å²) in [7, 11) is 0. The molecule has 0 aliphatic carbocycles. The lowest BCUT2D eigenvalue weighted by Crippen LogP contribution is -2.36. The van der Waals surface area contributed by atoms with Gasteiger partial charge in [-0.25, -0.2) is 0 Å². The normalized spacial score (nSPS) is 15.8. The molecule has 5 nitrogen and oxygen atoms in total. The van der Waals surface area contributed by atoms with E-state index >= 15 is 0 Å². The molecule has 3 N–H and O–H groups in total. The molecule has 1 aliphatic rings. The number of carbonyl (C=O) groups is 1. The van der Waals surface area contributed by atoms with Crippen LogP contribution in [0.1, 0.15) is 18.9 Å². The van der Waals surface area contributed by atoms with Gasteiger partial charge in [-0.05, 0) is 32.4 Å². The molecule has 106 valence electrons. The zero-order chi connectivity index (χ0) is 14.5. The van der Waals surface area contributed by atoms with Gasteiger partial charge in [0.1, 0.15) is 17.2 Å². The number of aliphatic imine (C=N–C) groups is 1. The summed E-state index contributed by atoms with van der Waals surface area (Å²) in [5, 5.41) is 15.6. The van der Waals surface area contributed by atoms with E-state index < -0.39 is 0 Å². The van der Waals surface area contributed by atoms with Crippen LogP contribution < -0.4 is 10.6 Å². The second-order valence-electron chi connectivity index (χ2n) is 4.79. The summed E-state index contributed by atoms with van der Waals surface area (Å²) in [5.41, 5.74) is 2.01. The summed E-state index contributed by atoms with van der Waals surface area (Å²) in [6.07, 6.45) is 0.931. The molecule has 1 aromatic rings. The van der Waals surface area contributed by atoms with Gasteiger partial charge >= 0.3 is 0 Å². The van der Waals surface area contributed by atoms with Crippen molar-refractivity contribution < 1.29 is 9.90 Å². The van der Waals surface area contributed by atoms with Crippen molar-refractivity contribution in [2.75, 3.05) is 18.4 Å². The lowest BCUT2D eigenvalue weighted by molar-refractivity contribution is -0.112. The number of anilines is 1. The van der Waals surface area contributed by atoms with E-state index in [-0.39, 0.29) is 17.2 Å². The van der Waals surface area contributed by atoms with Crippen LogP contribution in [0, 0.1) is 6.92 Å². The summed E-state index contributed by atoms with van der Waals surface area (Å²) >= 11 is 0. The van der Waals surface area contributed by atoms with Gasteiger partial charge in [-0.1, -0.05) is 17.7 Å². The number of rotatable bonds is 3. The van der Waals surface area contributed by atoms with Crippen LogP contribution in [0.5, 0.6) is 0 Å². The molecule has 0 atom stereocenters. The monoisotopic (exact) mass is 273 g/mol. The lowest BCUT2D eigenvalue weighted by atomic mass is 10.1. The van der Waals surface area contributed by atoms with Gasteiger partial charge in [0.05, 0.1) is 0 Å². The molecule has 5 heteroatoms. The highest BCUT2D eigenvalue weighted by Gasteiger charge is 2.21. The van der Waals surface area contributed by atoms with Gasteiger partial charge < -0.3 is 15.7 Å². The Morgan fingerprint density at radius 1 is 1.35 bits per heavy atom. The highest BCUT2D eigenvalue weighted by molar-refractivity contribution is 6.25. The first-order valence-electron chi connectivity index (χ1n) is 6.64. The molecule has 0 spiro atoms. The Morgan fingerprint density at radius 2 is 2.05 bits per heavy atom. The number of nitrogens with one attached hydrogen (secondary N) is 2. The molecule has 0 aromatic heterocycles. The first kappa shape index (κ1) is 14.1. The average molecular weight is 273 g/mol.